The molecule has 3 aromatic carbocycles. The molecule has 2 amide bonds. The van der Waals surface area contributed by atoms with E-state index in [1.165, 1.54) is 45.9 Å². The first kappa shape index (κ1) is 30.0. The number of hydrogen-bond donors (Lipinski definition) is 1. The number of carbonyl (C=O) groups is 2. The normalized spacial score (nSPS) is 15.2. The van der Waals surface area contributed by atoms with Gasteiger partial charge in [0.1, 0.15) is 0 Å². The van der Waals surface area contributed by atoms with Gasteiger partial charge >= 0.3 is 0 Å². The monoisotopic (exact) mass is 630 g/mol. The van der Waals surface area contributed by atoms with E-state index in [4.69, 9.17) is 0 Å². The van der Waals surface area contributed by atoms with Gasteiger partial charge in [-0.15, -0.1) is 10.2 Å². The van der Waals surface area contributed by atoms with Crippen molar-refractivity contribution in [3.8, 4) is 5.69 Å². The van der Waals surface area contributed by atoms with Crippen LogP contribution in [0.2, 0.25) is 0 Å². The highest BCUT2D eigenvalue weighted by atomic mass is 32.2. The quantitative estimate of drug-likeness (QED) is 0.273. The van der Waals surface area contributed by atoms with Gasteiger partial charge in [-0.3, -0.25) is 14.2 Å². The molecule has 0 radical (unpaired) electrons. The van der Waals surface area contributed by atoms with Crippen LogP contribution in [0.15, 0.2) is 82.8 Å². The number of rotatable bonds is 9. The maximum atomic E-state index is 13.2. The van der Waals surface area contributed by atoms with Crippen molar-refractivity contribution in [2.45, 2.75) is 49.2 Å². The zero-order chi connectivity index (χ0) is 30.7. The van der Waals surface area contributed by atoms with Gasteiger partial charge in [0, 0.05) is 36.6 Å². The minimum Gasteiger partial charge on any atom is -0.345 e. The van der Waals surface area contributed by atoms with Gasteiger partial charge in [-0.2, -0.15) is 4.31 Å². The maximum Gasteiger partial charge on any atom is 0.251 e. The van der Waals surface area contributed by atoms with Gasteiger partial charge in [0.2, 0.25) is 15.9 Å². The van der Waals surface area contributed by atoms with Crippen molar-refractivity contribution in [1.29, 1.82) is 0 Å². The molecule has 2 aliphatic heterocycles. The Morgan fingerprint density at radius 3 is 2.45 bits per heavy atom. The fraction of sp³-hybridized carbons (Fsp3) is 0.312. The SMILES string of the molecule is Cc1cccc(-n2c(CNC(=O)c3ccc(S(=O)(=O)N4CCCCC4)cc3)nnc2SCC(=O)N2CCc3ccccc32)c1. The van der Waals surface area contributed by atoms with Crippen LogP contribution in [0.25, 0.3) is 5.69 Å². The fourth-order valence-corrected chi connectivity index (χ4v) is 7.99. The lowest BCUT2D eigenvalue weighted by molar-refractivity contribution is -0.116. The van der Waals surface area contributed by atoms with E-state index >= 15 is 0 Å². The zero-order valence-corrected chi connectivity index (χ0v) is 26.1. The van der Waals surface area contributed by atoms with Crippen molar-refractivity contribution >= 4 is 39.3 Å². The number of fused-ring (bicyclic) bond motifs is 1. The van der Waals surface area contributed by atoms with Crippen molar-refractivity contribution in [3.63, 3.8) is 0 Å². The molecular formula is C32H34N6O4S2. The molecule has 0 bridgehead atoms. The molecule has 3 heterocycles. The van der Waals surface area contributed by atoms with E-state index in [-0.39, 0.29) is 29.0 Å². The molecule has 1 saturated heterocycles. The van der Waals surface area contributed by atoms with Crippen LogP contribution in [-0.2, 0) is 27.8 Å². The molecule has 228 valence electrons. The van der Waals surface area contributed by atoms with E-state index in [0.717, 1.165) is 42.6 Å². The van der Waals surface area contributed by atoms with E-state index in [0.29, 0.717) is 36.2 Å². The third-order valence-electron chi connectivity index (χ3n) is 7.95. The minimum absolute atomic E-state index is 0.000608. The second-order valence-corrected chi connectivity index (χ2v) is 13.8. The molecule has 0 spiro atoms. The highest BCUT2D eigenvalue weighted by Gasteiger charge is 2.27. The largest absolute Gasteiger partial charge is 0.345 e. The van der Waals surface area contributed by atoms with Crippen LogP contribution >= 0.6 is 11.8 Å². The Bertz CT molecular complexity index is 1780. The van der Waals surface area contributed by atoms with E-state index in [2.05, 4.69) is 21.6 Å². The highest BCUT2D eigenvalue weighted by molar-refractivity contribution is 7.99. The first-order chi connectivity index (χ1) is 21.3. The molecule has 0 unspecified atom stereocenters. The van der Waals surface area contributed by atoms with Crippen LogP contribution in [0.5, 0.6) is 0 Å². The van der Waals surface area contributed by atoms with Crippen LogP contribution < -0.4 is 10.2 Å². The summed E-state index contributed by atoms with van der Waals surface area (Å²) in [6.07, 6.45) is 3.59. The summed E-state index contributed by atoms with van der Waals surface area (Å²) < 4.78 is 29.3. The van der Waals surface area contributed by atoms with E-state index in [9.17, 15) is 18.0 Å². The Balaban J connectivity index is 1.16. The Hall–Kier alpha value is -4.00. The van der Waals surface area contributed by atoms with Gasteiger partial charge in [0.15, 0.2) is 11.0 Å². The van der Waals surface area contributed by atoms with Crippen molar-refractivity contribution in [2.24, 2.45) is 0 Å². The van der Waals surface area contributed by atoms with E-state index in [1.54, 1.807) is 0 Å². The second kappa shape index (κ2) is 12.9. The Morgan fingerprint density at radius 1 is 0.909 bits per heavy atom. The number of nitrogens with zero attached hydrogens (tertiary/aromatic N) is 5. The lowest BCUT2D eigenvalue weighted by atomic mass is 10.2. The summed E-state index contributed by atoms with van der Waals surface area (Å²) in [5, 5.41) is 12.2. The molecular weight excluding hydrogens is 597 g/mol. The van der Waals surface area contributed by atoms with Gasteiger partial charge in [0.25, 0.3) is 5.91 Å². The number of sulfonamides is 1. The summed E-state index contributed by atoms with van der Waals surface area (Å²) in [7, 11) is -3.58. The van der Waals surface area contributed by atoms with Crippen molar-refractivity contribution in [3.05, 3.63) is 95.3 Å². The Kier molecular flexibility index (Phi) is 8.83. The Labute approximate surface area is 261 Å². The molecule has 44 heavy (non-hydrogen) atoms. The standard InChI is InChI=1S/C32H34N6O4S2/c1-23-8-7-10-26(20-23)38-29(34-35-32(38)43-22-30(39)37-19-16-24-9-3-4-11-28(24)37)21-33-31(40)25-12-14-27(15-13-25)44(41,42)36-17-5-2-6-18-36/h3-4,7-15,20H,2,5-6,16-19,21-22H2,1H3,(H,33,40). The molecule has 1 aromatic heterocycles. The molecule has 2 aliphatic rings. The van der Waals surface area contributed by atoms with Crippen molar-refractivity contribution in [2.75, 3.05) is 30.3 Å². The number of benzene rings is 3. The molecule has 0 aliphatic carbocycles. The minimum atomic E-state index is -3.58. The molecule has 10 nitrogen and oxygen atoms in total. The number of hydrogen-bond acceptors (Lipinski definition) is 7. The number of nitrogens with one attached hydrogen (secondary N) is 1. The topological polar surface area (TPSA) is 117 Å². The first-order valence-corrected chi connectivity index (χ1v) is 17.1. The molecule has 1 fully saturated rings. The van der Waals surface area contributed by atoms with Gasteiger partial charge in [-0.25, -0.2) is 8.42 Å². The summed E-state index contributed by atoms with van der Waals surface area (Å²) in [4.78, 5) is 28.3. The van der Waals surface area contributed by atoms with Crippen LogP contribution in [0.3, 0.4) is 0 Å². The second-order valence-electron chi connectivity index (χ2n) is 11.0. The van der Waals surface area contributed by atoms with Crippen LogP contribution in [0.1, 0.15) is 46.6 Å². The smallest absolute Gasteiger partial charge is 0.251 e. The summed E-state index contributed by atoms with van der Waals surface area (Å²) >= 11 is 1.31. The summed E-state index contributed by atoms with van der Waals surface area (Å²) in [6.45, 7) is 3.78. The third kappa shape index (κ3) is 6.28. The zero-order valence-electron chi connectivity index (χ0n) is 24.5. The number of para-hydroxylation sites is 1. The van der Waals surface area contributed by atoms with Crippen LogP contribution in [-0.4, -0.2) is 64.7 Å². The summed E-state index contributed by atoms with van der Waals surface area (Å²) in [5.74, 6) is 0.342. The van der Waals surface area contributed by atoms with Crippen LogP contribution in [0.4, 0.5) is 5.69 Å². The lowest BCUT2D eigenvalue weighted by Gasteiger charge is -2.25. The maximum absolute atomic E-state index is 13.2. The van der Waals surface area contributed by atoms with Gasteiger partial charge in [-0.1, -0.05) is 48.5 Å². The molecule has 6 rings (SSSR count). The predicted molar refractivity (Wildman–Crippen MR) is 170 cm³/mol. The lowest BCUT2D eigenvalue weighted by Crippen LogP contribution is -2.35. The number of thioether (sulfide) groups is 1. The van der Waals surface area contributed by atoms with E-state index < -0.39 is 10.0 Å². The molecule has 12 heteroatoms. The number of piperidine rings is 1. The molecule has 0 saturated carbocycles. The molecule has 0 atom stereocenters. The number of amides is 2. The Morgan fingerprint density at radius 2 is 1.68 bits per heavy atom. The van der Waals surface area contributed by atoms with Gasteiger partial charge < -0.3 is 10.2 Å². The first-order valence-electron chi connectivity index (χ1n) is 14.7. The number of aryl methyl sites for hydroxylation is 1. The third-order valence-corrected chi connectivity index (χ3v) is 10.8. The van der Waals surface area contributed by atoms with Crippen LogP contribution in [0, 0.1) is 6.92 Å². The van der Waals surface area contributed by atoms with E-state index in [1.807, 2.05) is 58.9 Å². The number of aromatic nitrogens is 3. The summed E-state index contributed by atoms with van der Waals surface area (Å²) in [5.41, 5.74) is 4.35. The predicted octanol–water partition coefficient (Wildman–Crippen LogP) is 4.36. The average Bonchev–Trinajstić information content (AvgIpc) is 3.67. The fourth-order valence-electron chi connectivity index (χ4n) is 5.63. The van der Waals surface area contributed by atoms with Crippen molar-refractivity contribution in [1.82, 2.24) is 24.4 Å². The molecule has 4 aromatic rings. The van der Waals surface area contributed by atoms with Gasteiger partial charge in [0.05, 0.1) is 17.2 Å². The average molecular weight is 631 g/mol. The van der Waals surface area contributed by atoms with Crippen molar-refractivity contribution < 1.29 is 18.0 Å². The number of anilines is 1. The highest BCUT2D eigenvalue weighted by Crippen LogP contribution is 2.30. The summed E-state index contributed by atoms with van der Waals surface area (Å²) in [6, 6.07) is 21.8. The molecule has 1 N–H and O–H groups in total. The van der Waals surface area contributed by atoms with Gasteiger partial charge in [-0.05, 0) is 79.8 Å². The number of carbonyl (C=O) groups excluding carboxylic acids is 2.